The molecular weight excluding hydrogens is 371 g/mol. The highest BCUT2D eigenvalue weighted by atomic mass is 35.5. The Morgan fingerprint density at radius 1 is 1.36 bits per heavy atom. The normalized spacial score (nSPS) is 17.2. The van der Waals surface area contributed by atoms with Gasteiger partial charge in [0.2, 0.25) is 10.0 Å². The van der Waals surface area contributed by atoms with Gasteiger partial charge in [-0.2, -0.15) is 0 Å². The maximum atomic E-state index is 14.1. The Labute approximate surface area is 152 Å². The number of nitrogens with one attached hydrogen (secondary N) is 1. The number of rotatable bonds is 7. The molecule has 1 unspecified atom stereocenters. The van der Waals surface area contributed by atoms with E-state index in [2.05, 4.69) is 9.62 Å². The first kappa shape index (κ1) is 20.1. The lowest BCUT2D eigenvalue weighted by Gasteiger charge is -2.30. The van der Waals surface area contributed by atoms with E-state index in [9.17, 15) is 17.6 Å². The zero-order chi connectivity index (χ0) is 18.8. The number of sulfonamides is 1. The SMILES string of the molecule is CC(C)C(CNS(=O)(=O)c1cc(C(=O)O)c(Cl)cc1F)N1CCCC1. The molecule has 1 fully saturated rings. The topological polar surface area (TPSA) is 86.7 Å². The molecule has 0 saturated carbocycles. The Morgan fingerprint density at radius 3 is 2.48 bits per heavy atom. The minimum absolute atomic E-state index is 0.00780. The lowest BCUT2D eigenvalue weighted by atomic mass is 10.0. The summed E-state index contributed by atoms with van der Waals surface area (Å²) in [5.41, 5.74) is -0.455. The molecule has 140 valence electrons. The van der Waals surface area contributed by atoms with Crippen LogP contribution >= 0.6 is 11.6 Å². The molecule has 25 heavy (non-hydrogen) atoms. The van der Waals surface area contributed by atoms with E-state index in [0.29, 0.717) is 6.07 Å². The highest BCUT2D eigenvalue weighted by Gasteiger charge is 2.28. The van der Waals surface area contributed by atoms with Crippen molar-refractivity contribution in [3.63, 3.8) is 0 Å². The number of aromatic carboxylic acids is 1. The van der Waals surface area contributed by atoms with Crippen LogP contribution < -0.4 is 4.72 Å². The molecule has 2 rings (SSSR count). The molecule has 1 saturated heterocycles. The average Bonchev–Trinajstić information content (AvgIpc) is 3.00. The van der Waals surface area contributed by atoms with Crippen LogP contribution in [0.5, 0.6) is 0 Å². The summed E-state index contributed by atoms with van der Waals surface area (Å²) in [6, 6.07) is 1.45. The van der Waals surface area contributed by atoms with Gasteiger partial charge in [-0.3, -0.25) is 4.90 Å². The van der Waals surface area contributed by atoms with Crippen molar-refractivity contribution < 1.29 is 22.7 Å². The van der Waals surface area contributed by atoms with Gasteiger partial charge < -0.3 is 5.11 Å². The molecule has 0 bridgehead atoms. The Morgan fingerprint density at radius 2 is 1.96 bits per heavy atom. The number of benzene rings is 1. The van der Waals surface area contributed by atoms with Crippen LogP contribution in [-0.2, 0) is 10.0 Å². The van der Waals surface area contributed by atoms with Crippen molar-refractivity contribution in [1.82, 2.24) is 9.62 Å². The third-order valence-corrected chi connectivity index (χ3v) is 6.15. The fraction of sp³-hybridized carbons (Fsp3) is 0.562. The molecular formula is C16H22ClFN2O4S. The Kier molecular flexibility index (Phi) is 6.42. The monoisotopic (exact) mass is 392 g/mol. The number of hydrogen-bond donors (Lipinski definition) is 2. The maximum Gasteiger partial charge on any atom is 0.337 e. The van der Waals surface area contributed by atoms with E-state index in [1.165, 1.54) is 0 Å². The van der Waals surface area contributed by atoms with Gasteiger partial charge in [0.15, 0.2) is 0 Å². The highest BCUT2D eigenvalue weighted by molar-refractivity contribution is 7.89. The first-order chi connectivity index (χ1) is 11.6. The summed E-state index contributed by atoms with van der Waals surface area (Å²) in [5.74, 6) is -2.28. The van der Waals surface area contributed by atoms with Gasteiger partial charge in [0.25, 0.3) is 0 Å². The number of halogens is 2. The molecule has 1 aliphatic heterocycles. The average molecular weight is 393 g/mol. The molecule has 1 aromatic carbocycles. The summed E-state index contributed by atoms with van der Waals surface area (Å²) < 4.78 is 41.4. The zero-order valence-corrected chi connectivity index (χ0v) is 15.7. The van der Waals surface area contributed by atoms with Crippen molar-refractivity contribution in [3.8, 4) is 0 Å². The molecule has 0 spiro atoms. The van der Waals surface area contributed by atoms with Gasteiger partial charge in [-0.1, -0.05) is 25.4 Å². The molecule has 9 heteroatoms. The van der Waals surface area contributed by atoms with Crippen LogP contribution in [0.2, 0.25) is 5.02 Å². The van der Waals surface area contributed by atoms with E-state index in [0.717, 1.165) is 32.0 Å². The number of carbonyl (C=O) groups is 1. The molecule has 0 aliphatic carbocycles. The predicted molar refractivity (Wildman–Crippen MR) is 93.0 cm³/mol. The van der Waals surface area contributed by atoms with Crippen LogP contribution in [0, 0.1) is 11.7 Å². The van der Waals surface area contributed by atoms with Crippen molar-refractivity contribution in [2.45, 2.75) is 37.6 Å². The quantitative estimate of drug-likeness (QED) is 0.744. The minimum atomic E-state index is -4.20. The fourth-order valence-electron chi connectivity index (χ4n) is 3.03. The second-order valence-electron chi connectivity index (χ2n) is 6.47. The number of hydrogen-bond acceptors (Lipinski definition) is 4. The summed E-state index contributed by atoms with van der Waals surface area (Å²) in [5, 5.41) is 8.71. The molecule has 0 aromatic heterocycles. The molecule has 0 radical (unpaired) electrons. The molecule has 1 aliphatic rings. The molecule has 1 atom stereocenters. The standard InChI is InChI=1S/C16H22ClFN2O4S/c1-10(2)14(20-5-3-4-6-20)9-19-25(23,24)15-7-11(16(21)22)12(17)8-13(15)18/h7-8,10,14,19H,3-6,9H2,1-2H3,(H,21,22). The Bertz CT molecular complexity index is 749. The van der Waals surface area contributed by atoms with E-state index in [1.54, 1.807) is 0 Å². The molecule has 1 aromatic rings. The van der Waals surface area contributed by atoms with E-state index >= 15 is 0 Å². The van der Waals surface area contributed by atoms with Crippen LogP contribution in [-0.4, -0.2) is 50.1 Å². The fourth-order valence-corrected chi connectivity index (χ4v) is 4.40. The van der Waals surface area contributed by atoms with Gasteiger partial charge in [0.05, 0.1) is 10.6 Å². The second kappa shape index (κ2) is 7.99. The number of likely N-dealkylation sites (tertiary alicyclic amines) is 1. The summed E-state index contributed by atoms with van der Waals surface area (Å²) >= 11 is 5.66. The summed E-state index contributed by atoms with van der Waals surface area (Å²) in [6.45, 7) is 5.95. The highest BCUT2D eigenvalue weighted by Crippen LogP contribution is 2.24. The summed E-state index contributed by atoms with van der Waals surface area (Å²) in [7, 11) is -4.20. The van der Waals surface area contributed by atoms with Crippen LogP contribution in [0.15, 0.2) is 17.0 Å². The second-order valence-corrected chi connectivity index (χ2v) is 8.62. The van der Waals surface area contributed by atoms with Crippen molar-refractivity contribution in [2.24, 2.45) is 5.92 Å². The predicted octanol–water partition coefficient (Wildman–Crippen LogP) is 2.58. The van der Waals surface area contributed by atoms with Gasteiger partial charge in [-0.25, -0.2) is 22.3 Å². The van der Waals surface area contributed by atoms with Gasteiger partial charge in [0, 0.05) is 12.6 Å². The van der Waals surface area contributed by atoms with Gasteiger partial charge in [0.1, 0.15) is 10.7 Å². The number of carboxylic acids is 1. The van der Waals surface area contributed by atoms with Crippen molar-refractivity contribution in [3.05, 3.63) is 28.5 Å². The van der Waals surface area contributed by atoms with Gasteiger partial charge in [-0.05, 0) is 44.0 Å². The van der Waals surface area contributed by atoms with Crippen LogP contribution in [0.3, 0.4) is 0 Å². The van der Waals surface area contributed by atoms with Crippen molar-refractivity contribution >= 4 is 27.6 Å². The molecule has 2 N–H and O–H groups in total. The number of nitrogens with zero attached hydrogens (tertiary/aromatic N) is 1. The van der Waals surface area contributed by atoms with E-state index in [-0.39, 0.29) is 23.5 Å². The molecule has 6 nitrogen and oxygen atoms in total. The Hall–Kier alpha value is -1.22. The van der Waals surface area contributed by atoms with Crippen molar-refractivity contribution in [1.29, 1.82) is 0 Å². The van der Waals surface area contributed by atoms with Crippen LogP contribution in [0.25, 0.3) is 0 Å². The first-order valence-electron chi connectivity index (χ1n) is 8.09. The molecule has 1 heterocycles. The van der Waals surface area contributed by atoms with Gasteiger partial charge in [-0.15, -0.1) is 0 Å². The summed E-state index contributed by atoms with van der Waals surface area (Å²) in [4.78, 5) is 12.6. The third-order valence-electron chi connectivity index (χ3n) is 4.40. The summed E-state index contributed by atoms with van der Waals surface area (Å²) in [6.07, 6.45) is 2.15. The minimum Gasteiger partial charge on any atom is -0.478 e. The zero-order valence-electron chi connectivity index (χ0n) is 14.1. The van der Waals surface area contributed by atoms with Crippen molar-refractivity contribution in [2.75, 3.05) is 19.6 Å². The first-order valence-corrected chi connectivity index (χ1v) is 9.95. The lowest BCUT2D eigenvalue weighted by Crippen LogP contribution is -2.45. The maximum absolute atomic E-state index is 14.1. The number of carboxylic acid groups (broad SMARTS) is 1. The van der Waals surface area contributed by atoms with E-state index in [1.807, 2.05) is 13.8 Å². The third kappa shape index (κ3) is 4.69. The smallest absolute Gasteiger partial charge is 0.337 e. The van der Waals surface area contributed by atoms with Crippen LogP contribution in [0.1, 0.15) is 37.0 Å². The van der Waals surface area contributed by atoms with Crippen LogP contribution in [0.4, 0.5) is 4.39 Å². The van der Waals surface area contributed by atoms with E-state index < -0.39 is 32.3 Å². The largest absolute Gasteiger partial charge is 0.478 e. The van der Waals surface area contributed by atoms with Gasteiger partial charge >= 0.3 is 5.97 Å². The molecule has 0 amide bonds. The Balaban J connectivity index is 2.23. The lowest BCUT2D eigenvalue weighted by molar-refractivity contribution is 0.0696. The van der Waals surface area contributed by atoms with E-state index in [4.69, 9.17) is 16.7 Å².